The molecule has 3 amide bonds. The standard InChI is InChI=1S/C34H46N6O5/c41-32(39-15-18-44-19-16-39)20-26-9-14-40-23-28(26)10-17-45-31-6-3-5-30(37-31)34(43)36-12-7-27-22-38(13-8-25(27)21-33(40)42)24-29-4-1-2-11-35-29/h1-6,11,25-28H,7-10,12-24H2,(H,36,43)/t25-,26-,27-,28-/m0/s1. The zero-order valence-electron chi connectivity index (χ0n) is 26.1. The number of morpholine rings is 1. The molecular formula is C34H46N6O5. The second-order valence-electron chi connectivity index (χ2n) is 13.0. The number of rotatable bonds is 4. The molecule has 4 aliphatic rings. The molecule has 0 spiro atoms. The summed E-state index contributed by atoms with van der Waals surface area (Å²) in [5, 5.41) is 3.06. The number of fused-ring (bicyclic) bond motifs is 5. The zero-order chi connectivity index (χ0) is 31.0. The van der Waals surface area contributed by atoms with Gasteiger partial charge in [0.25, 0.3) is 5.91 Å². The van der Waals surface area contributed by atoms with Crippen molar-refractivity contribution in [3.05, 3.63) is 54.0 Å². The number of pyridine rings is 2. The maximum Gasteiger partial charge on any atom is 0.270 e. The fourth-order valence-electron chi connectivity index (χ4n) is 7.44. The average molecular weight is 619 g/mol. The fraction of sp³-hybridized carbons (Fsp3) is 0.618. The molecule has 2 aromatic heterocycles. The molecule has 0 aliphatic carbocycles. The molecule has 0 saturated carbocycles. The first-order chi connectivity index (χ1) is 22.0. The van der Waals surface area contributed by atoms with Gasteiger partial charge in [-0.15, -0.1) is 0 Å². The Kier molecular flexibility index (Phi) is 10.6. The monoisotopic (exact) mass is 618 g/mol. The van der Waals surface area contributed by atoms with Gasteiger partial charge in [-0.3, -0.25) is 24.3 Å². The number of hydrogen-bond acceptors (Lipinski definition) is 8. The number of likely N-dealkylation sites (tertiary alicyclic amines) is 1. The first kappa shape index (κ1) is 31.4. The van der Waals surface area contributed by atoms with Crippen LogP contribution in [0.3, 0.4) is 0 Å². The van der Waals surface area contributed by atoms with Gasteiger partial charge >= 0.3 is 0 Å². The van der Waals surface area contributed by atoms with Crippen LogP contribution in [-0.2, 0) is 20.9 Å². The van der Waals surface area contributed by atoms with Crippen molar-refractivity contribution in [3.63, 3.8) is 0 Å². The molecule has 0 unspecified atom stereocenters. The summed E-state index contributed by atoms with van der Waals surface area (Å²) in [5.74, 6) is 1.41. The van der Waals surface area contributed by atoms with Crippen LogP contribution in [0.25, 0.3) is 0 Å². The maximum absolute atomic E-state index is 13.9. The van der Waals surface area contributed by atoms with Crippen LogP contribution in [0.5, 0.6) is 5.88 Å². The van der Waals surface area contributed by atoms with E-state index in [-0.39, 0.29) is 41.4 Å². The molecule has 0 radical (unpaired) electrons. The Bertz CT molecular complexity index is 1300. The first-order valence-electron chi connectivity index (χ1n) is 16.7. The lowest BCUT2D eigenvalue weighted by Gasteiger charge is -2.42. The smallest absolute Gasteiger partial charge is 0.270 e. The topological polar surface area (TPSA) is 117 Å². The molecule has 11 heteroatoms. The quantitative estimate of drug-likeness (QED) is 0.556. The van der Waals surface area contributed by atoms with Crippen molar-refractivity contribution in [2.75, 3.05) is 65.6 Å². The summed E-state index contributed by atoms with van der Waals surface area (Å²) < 4.78 is 11.5. The Balaban J connectivity index is 1.17. The number of piperidine rings is 2. The number of aromatic nitrogens is 2. The number of nitrogens with zero attached hydrogens (tertiary/aromatic N) is 5. The van der Waals surface area contributed by atoms with Gasteiger partial charge in [-0.25, -0.2) is 4.98 Å². The van der Waals surface area contributed by atoms with Crippen LogP contribution in [0.2, 0.25) is 0 Å². The highest BCUT2D eigenvalue weighted by Gasteiger charge is 2.37. The van der Waals surface area contributed by atoms with Crippen molar-refractivity contribution in [2.45, 2.75) is 45.1 Å². The lowest BCUT2D eigenvalue weighted by molar-refractivity contribution is -0.139. The predicted molar refractivity (Wildman–Crippen MR) is 167 cm³/mol. The third-order valence-electron chi connectivity index (χ3n) is 10.1. The Hall–Kier alpha value is -3.57. The van der Waals surface area contributed by atoms with Crippen LogP contribution < -0.4 is 10.1 Å². The molecule has 4 aliphatic heterocycles. The number of hydrogen-bond donors (Lipinski definition) is 1. The predicted octanol–water partition coefficient (Wildman–Crippen LogP) is 2.62. The maximum atomic E-state index is 13.9. The molecule has 4 atom stereocenters. The Morgan fingerprint density at radius 3 is 2.62 bits per heavy atom. The second-order valence-corrected chi connectivity index (χ2v) is 13.0. The molecule has 3 fully saturated rings. The van der Waals surface area contributed by atoms with E-state index < -0.39 is 0 Å². The largest absolute Gasteiger partial charge is 0.478 e. The summed E-state index contributed by atoms with van der Waals surface area (Å²) in [4.78, 5) is 55.4. The van der Waals surface area contributed by atoms with Gasteiger partial charge in [-0.1, -0.05) is 12.1 Å². The van der Waals surface area contributed by atoms with Gasteiger partial charge < -0.3 is 24.6 Å². The zero-order valence-corrected chi connectivity index (χ0v) is 26.1. The van der Waals surface area contributed by atoms with Gasteiger partial charge in [0.2, 0.25) is 17.7 Å². The molecule has 1 N–H and O–H groups in total. The van der Waals surface area contributed by atoms with E-state index in [0.717, 1.165) is 44.6 Å². The SMILES string of the molecule is O=C1NCC[C@H]2CN(Cc3ccccn3)CC[C@H]2CC(=O)N2CC[C@@H](CC(=O)N3CCOCC3)[C@@H](CCOc3cccc1n3)C2. The molecule has 6 heterocycles. The molecule has 11 nitrogen and oxygen atoms in total. The van der Waals surface area contributed by atoms with Crippen LogP contribution in [0.15, 0.2) is 42.6 Å². The number of carbonyl (C=O) groups is 3. The Morgan fingerprint density at radius 1 is 0.889 bits per heavy atom. The Labute approximate surface area is 265 Å². The van der Waals surface area contributed by atoms with E-state index in [4.69, 9.17) is 9.47 Å². The van der Waals surface area contributed by atoms with Crippen molar-refractivity contribution in [3.8, 4) is 5.88 Å². The number of ether oxygens (including phenoxy) is 2. The van der Waals surface area contributed by atoms with Gasteiger partial charge in [0, 0.05) is 70.9 Å². The van der Waals surface area contributed by atoms with Crippen LogP contribution in [0.1, 0.15) is 54.7 Å². The summed E-state index contributed by atoms with van der Waals surface area (Å²) >= 11 is 0. The van der Waals surface area contributed by atoms with Gasteiger partial charge in [0.1, 0.15) is 5.69 Å². The molecule has 4 bridgehead atoms. The summed E-state index contributed by atoms with van der Waals surface area (Å²) in [7, 11) is 0. The van der Waals surface area contributed by atoms with Gasteiger partial charge in [0.15, 0.2) is 0 Å². The molecule has 2 aromatic rings. The second kappa shape index (κ2) is 15.1. The van der Waals surface area contributed by atoms with Gasteiger partial charge in [-0.05, 0) is 74.1 Å². The number of amides is 3. The van der Waals surface area contributed by atoms with E-state index in [2.05, 4.69) is 26.3 Å². The lowest BCUT2D eigenvalue weighted by Crippen LogP contribution is -2.48. The average Bonchev–Trinajstić information content (AvgIpc) is 3.07. The first-order valence-corrected chi connectivity index (χ1v) is 16.7. The van der Waals surface area contributed by atoms with Crippen molar-refractivity contribution >= 4 is 17.7 Å². The van der Waals surface area contributed by atoms with Crippen molar-refractivity contribution in [2.24, 2.45) is 23.7 Å². The summed E-state index contributed by atoms with van der Waals surface area (Å²) in [6.45, 7) is 7.25. The van der Waals surface area contributed by atoms with Crippen LogP contribution in [-0.4, -0.2) is 108 Å². The Morgan fingerprint density at radius 2 is 1.78 bits per heavy atom. The van der Waals surface area contributed by atoms with E-state index in [0.29, 0.717) is 83.4 Å². The summed E-state index contributed by atoms with van der Waals surface area (Å²) in [5.41, 5.74) is 1.38. The van der Waals surface area contributed by atoms with Crippen molar-refractivity contribution < 1.29 is 23.9 Å². The molecule has 6 rings (SSSR count). The fourth-order valence-corrected chi connectivity index (χ4v) is 7.44. The van der Waals surface area contributed by atoms with Gasteiger partial charge in [-0.2, -0.15) is 0 Å². The molecule has 45 heavy (non-hydrogen) atoms. The minimum atomic E-state index is -0.220. The van der Waals surface area contributed by atoms with Crippen molar-refractivity contribution in [1.29, 1.82) is 0 Å². The minimum Gasteiger partial charge on any atom is -0.478 e. The van der Waals surface area contributed by atoms with Crippen LogP contribution >= 0.6 is 0 Å². The molecule has 242 valence electrons. The normalized spacial score (nSPS) is 27.1. The lowest BCUT2D eigenvalue weighted by atomic mass is 9.79. The molecule has 0 aromatic carbocycles. The van der Waals surface area contributed by atoms with E-state index in [1.165, 1.54) is 0 Å². The van der Waals surface area contributed by atoms with E-state index >= 15 is 0 Å². The van der Waals surface area contributed by atoms with E-state index in [1.807, 2.05) is 28.1 Å². The van der Waals surface area contributed by atoms with Gasteiger partial charge in [0.05, 0.1) is 25.5 Å². The number of nitrogens with one attached hydrogen (secondary N) is 1. The molecule has 3 saturated heterocycles. The highest BCUT2D eigenvalue weighted by molar-refractivity contribution is 5.92. The van der Waals surface area contributed by atoms with E-state index in [9.17, 15) is 14.4 Å². The van der Waals surface area contributed by atoms with Crippen molar-refractivity contribution in [1.82, 2.24) is 30.0 Å². The summed E-state index contributed by atoms with van der Waals surface area (Å²) in [6, 6.07) is 11.3. The van der Waals surface area contributed by atoms with Crippen LogP contribution in [0.4, 0.5) is 0 Å². The highest BCUT2D eigenvalue weighted by atomic mass is 16.5. The molecular weight excluding hydrogens is 572 g/mol. The summed E-state index contributed by atoms with van der Waals surface area (Å²) in [6.07, 6.45) is 6.06. The van der Waals surface area contributed by atoms with E-state index in [1.54, 1.807) is 18.2 Å². The minimum absolute atomic E-state index is 0.144. The highest BCUT2D eigenvalue weighted by Crippen LogP contribution is 2.34. The van der Waals surface area contributed by atoms with Crippen LogP contribution in [0, 0.1) is 23.7 Å². The third-order valence-corrected chi connectivity index (χ3v) is 10.1. The third kappa shape index (κ3) is 8.38. The number of carbonyl (C=O) groups excluding carboxylic acids is 3.